The summed E-state index contributed by atoms with van der Waals surface area (Å²) in [6, 6.07) is 8.46. The van der Waals surface area contributed by atoms with Crippen molar-refractivity contribution >= 4 is 11.4 Å². The molecule has 1 heterocycles. The molecule has 0 amide bonds. The SMILES string of the molecule is C=CCC1Cc2ccccc2N=C1C(C)C. The first kappa shape index (κ1) is 11.1. The van der Waals surface area contributed by atoms with Crippen LogP contribution in [0.2, 0.25) is 0 Å². The molecule has 0 fully saturated rings. The maximum Gasteiger partial charge on any atom is 0.0661 e. The summed E-state index contributed by atoms with van der Waals surface area (Å²) < 4.78 is 0. The van der Waals surface area contributed by atoms with Gasteiger partial charge < -0.3 is 0 Å². The molecule has 16 heavy (non-hydrogen) atoms. The normalized spacial score (nSPS) is 19.2. The van der Waals surface area contributed by atoms with Crippen LogP contribution in [-0.2, 0) is 6.42 Å². The van der Waals surface area contributed by atoms with E-state index in [1.54, 1.807) is 0 Å². The summed E-state index contributed by atoms with van der Waals surface area (Å²) in [5, 5.41) is 0. The van der Waals surface area contributed by atoms with Gasteiger partial charge in [-0.2, -0.15) is 0 Å². The maximum atomic E-state index is 4.81. The van der Waals surface area contributed by atoms with E-state index >= 15 is 0 Å². The lowest BCUT2D eigenvalue weighted by atomic mass is 9.83. The van der Waals surface area contributed by atoms with Crippen LogP contribution in [0.3, 0.4) is 0 Å². The zero-order chi connectivity index (χ0) is 11.5. The van der Waals surface area contributed by atoms with Crippen molar-refractivity contribution in [2.45, 2.75) is 26.7 Å². The molecule has 1 unspecified atom stereocenters. The molecule has 1 aliphatic rings. The zero-order valence-electron chi connectivity index (χ0n) is 10.1. The molecule has 1 nitrogen and oxygen atoms in total. The van der Waals surface area contributed by atoms with Gasteiger partial charge in [-0.15, -0.1) is 6.58 Å². The Kier molecular flexibility index (Phi) is 3.23. The topological polar surface area (TPSA) is 12.4 Å². The zero-order valence-corrected chi connectivity index (χ0v) is 10.1. The molecule has 0 saturated carbocycles. The van der Waals surface area contributed by atoms with E-state index in [-0.39, 0.29) is 0 Å². The van der Waals surface area contributed by atoms with Crippen LogP contribution < -0.4 is 0 Å². The fourth-order valence-corrected chi connectivity index (χ4v) is 2.40. The average molecular weight is 213 g/mol. The molecule has 1 aromatic rings. The Morgan fingerprint density at radius 2 is 2.19 bits per heavy atom. The minimum Gasteiger partial charge on any atom is -0.257 e. The van der Waals surface area contributed by atoms with Gasteiger partial charge in [-0.25, -0.2) is 0 Å². The highest BCUT2D eigenvalue weighted by Crippen LogP contribution is 2.32. The van der Waals surface area contributed by atoms with Crippen molar-refractivity contribution in [2.24, 2.45) is 16.8 Å². The summed E-state index contributed by atoms with van der Waals surface area (Å²) in [6.45, 7) is 8.30. The molecule has 0 N–H and O–H groups in total. The molecule has 1 aliphatic heterocycles. The lowest BCUT2D eigenvalue weighted by molar-refractivity contribution is 0.644. The number of fused-ring (bicyclic) bond motifs is 1. The van der Waals surface area contributed by atoms with Gasteiger partial charge in [0.15, 0.2) is 0 Å². The molecule has 2 rings (SSSR count). The lowest BCUT2D eigenvalue weighted by Gasteiger charge is -2.26. The standard InChI is InChI=1S/C15H19N/c1-4-7-13-10-12-8-5-6-9-14(12)16-15(13)11(2)3/h4-6,8-9,11,13H,1,7,10H2,2-3H3. The summed E-state index contributed by atoms with van der Waals surface area (Å²) >= 11 is 0. The minimum absolute atomic E-state index is 0.526. The monoisotopic (exact) mass is 213 g/mol. The molecule has 1 atom stereocenters. The smallest absolute Gasteiger partial charge is 0.0661 e. The van der Waals surface area contributed by atoms with Crippen LogP contribution in [0.15, 0.2) is 41.9 Å². The van der Waals surface area contributed by atoms with Crippen LogP contribution in [0.1, 0.15) is 25.8 Å². The predicted octanol–water partition coefficient (Wildman–Crippen LogP) is 4.16. The van der Waals surface area contributed by atoms with Crippen molar-refractivity contribution < 1.29 is 0 Å². The highest BCUT2D eigenvalue weighted by atomic mass is 14.8. The predicted molar refractivity (Wildman–Crippen MR) is 70.4 cm³/mol. The third-order valence-electron chi connectivity index (χ3n) is 3.17. The molecule has 0 saturated heterocycles. The Hall–Kier alpha value is -1.37. The second-order valence-corrected chi connectivity index (χ2v) is 4.75. The van der Waals surface area contributed by atoms with Gasteiger partial charge in [-0.1, -0.05) is 38.1 Å². The summed E-state index contributed by atoms with van der Waals surface area (Å²) in [7, 11) is 0. The highest BCUT2D eigenvalue weighted by molar-refractivity contribution is 5.92. The van der Waals surface area contributed by atoms with Crippen LogP contribution in [0.4, 0.5) is 5.69 Å². The molecule has 1 heteroatoms. The molecule has 0 aliphatic carbocycles. The number of benzene rings is 1. The summed E-state index contributed by atoms with van der Waals surface area (Å²) in [4.78, 5) is 4.81. The second kappa shape index (κ2) is 4.65. The van der Waals surface area contributed by atoms with E-state index < -0.39 is 0 Å². The van der Waals surface area contributed by atoms with Crippen LogP contribution in [0.5, 0.6) is 0 Å². The van der Waals surface area contributed by atoms with Gasteiger partial charge in [0, 0.05) is 11.6 Å². The summed E-state index contributed by atoms with van der Waals surface area (Å²) in [5.41, 5.74) is 3.86. The highest BCUT2D eigenvalue weighted by Gasteiger charge is 2.23. The fourth-order valence-electron chi connectivity index (χ4n) is 2.40. The van der Waals surface area contributed by atoms with E-state index in [0.29, 0.717) is 11.8 Å². The average Bonchev–Trinajstić information content (AvgIpc) is 2.28. The number of allylic oxidation sites excluding steroid dienone is 1. The maximum absolute atomic E-state index is 4.81. The third kappa shape index (κ3) is 2.08. The van der Waals surface area contributed by atoms with Crippen molar-refractivity contribution in [1.29, 1.82) is 0 Å². The number of para-hydroxylation sites is 1. The molecular formula is C15H19N. The molecule has 0 radical (unpaired) electrons. The molecule has 84 valence electrons. The van der Waals surface area contributed by atoms with Gasteiger partial charge in [-0.3, -0.25) is 4.99 Å². The Balaban J connectivity index is 2.38. The first-order valence-electron chi connectivity index (χ1n) is 5.99. The van der Waals surface area contributed by atoms with Gasteiger partial charge >= 0.3 is 0 Å². The molecule has 1 aromatic carbocycles. The second-order valence-electron chi connectivity index (χ2n) is 4.75. The first-order valence-corrected chi connectivity index (χ1v) is 5.99. The van der Waals surface area contributed by atoms with Gasteiger partial charge in [0.25, 0.3) is 0 Å². The van der Waals surface area contributed by atoms with Gasteiger partial charge in [0.2, 0.25) is 0 Å². The van der Waals surface area contributed by atoms with E-state index in [1.165, 1.54) is 11.3 Å². The minimum atomic E-state index is 0.526. The van der Waals surface area contributed by atoms with Crippen LogP contribution in [0, 0.1) is 11.8 Å². The van der Waals surface area contributed by atoms with E-state index in [1.807, 2.05) is 6.08 Å². The Bertz CT molecular complexity index is 415. The number of hydrogen-bond donors (Lipinski definition) is 0. The number of nitrogens with zero attached hydrogens (tertiary/aromatic N) is 1. The number of aliphatic imine (C=N–C) groups is 1. The van der Waals surface area contributed by atoms with Crippen LogP contribution >= 0.6 is 0 Å². The van der Waals surface area contributed by atoms with Crippen LogP contribution in [-0.4, -0.2) is 5.71 Å². The Morgan fingerprint density at radius 1 is 1.44 bits per heavy atom. The first-order chi connectivity index (χ1) is 7.72. The number of rotatable bonds is 3. The fraction of sp³-hybridized carbons (Fsp3) is 0.400. The van der Waals surface area contributed by atoms with E-state index in [4.69, 9.17) is 4.99 Å². The summed E-state index contributed by atoms with van der Waals surface area (Å²) in [5.74, 6) is 1.07. The summed E-state index contributed by atoms with van der Waals surface area (Å²) in [6.07, 6.45) is 4.15. The Labute approximate surface area is 97.9 Å². The van der Waals surface area contributed by atoms with Crippen molar-refractivity contribution in [3.8, 4) is 0 Å². The number of hydrogen-bond acceptors (Lipinski definition) is 1. The quantitative estimate of drug-likeness (QED) is 0.668. The van der Waals surface area contributed by atoms with Gasteiger partial charge in [0.05, 0.1) is 5.69 Å². The van der Waals surface area contributed by atoms with Crippen molar-refractivity contribution in [2.75, 3.05) is 0 Å². The molecular weight excluding hydrogens is 194 g/mol. The lowest BCUT2D eigenvalue weighted by Crippen LogP contribution is -2.24. The van der Waals surface area contributed by atoms with E-state index in [2.05, 4.69) is 44.7 Å². The molecule has 0 bridgehead atoms. The Morgan fingerprint density at radius 3 is 2.88 bits per heavy atom. The van der Waals surface area contributed by atoms with E-state index in [9.17, 15) is 0 Å². The van der Waals surface area contributed by atoms with Crippen molar-refractivity contribution in [1.82, 2.24) is 0 Å². The van der Waals surface area contributed by atoms with Gasteiger partial charge in [-0.05, 0) is 30.4 Å². The van der Waals surface area contributed by atoms with Crippen molar-refractivity contribution in [3.05, 3.63) is 42.5 Å². The molecule has 0 spiro atoms. The third-order valence-corrected chi connectivity index (χ3v) is 3.17. The molecule has 0 aromatic heterocycles. The van der Waals surface area contributed by atoms with Crippen molar-refractivity contribution in [3.63, 3.8) is 0 Å². The largest absolute Gasteiger partial charge is 0.257 e. The van der Waals surface area contributed by atoms with Gasteiger partial charge in [0.1, 0.15) is 0 Å². The van der Waals surface area contributed by atoms with E-state index in [0.717, 1.165) is 18.5 Å². The van der Waals surface area contributed by atoms with Crippen LogP contribution in [0.25, 0.3) is 0 Å².